The van der Waals surface area contributed by atoms with Gasteiger partial charge in [0.25, 0.3) is 0 Å². The van der Waals surface area contributed by atoms with E-state index in [1.165, 1.54) is 5.56 Å². The summed E-state index contributed by atoms with van der Waals surface area (Å²) in [6, 6.07) is 9.10. The molecule has 2 aliphatic heterocycles. The molecule has 0 bridgehead atoms. The summed E-state index contributed by atoms with van der Waals surface area (Å²) in [5, 5.41) is 4.37. The molecule has 2 fully saturated rings. The van der Waals surface area contributed by atoms with E-state index in [1.54, 1.807) is 11.3 Å². The highest BCUT2D eigenvalue weighted by molar-refractivity contribution is 7.07. The summed E-state index contributed by atoms with van der Waals surface area (Å²) in [6.07, 6.45) is 2.73. The third-order valence-electron chi connectivity index (χ3n) is 5.24. The minimum Gasteiger partial charge on any atom is -0.332 e. The zero-order valence-corrected chi connectivity index (χ0v) is 14.8. The van der Waals surface area contributed by atoms with Gasteiger partial charge in [-0.05, 0) is 54.3 Å². The maximum Gasteiger partial charge on any atom is 0.223 e. The molecule has 4 nitrogen and oxygen atoms in total. The van der Waals surface area contributed by atoms with Gasteiger partial charge in [0.2, 0.25) is 5.91 Å². The van der Waals surface area contributed by atoms with E-state index in [1.807, 2.05) is 25.1 Å². The van der Waals surface area contributed by atoms with Gasteiger partial charge in [0.1, 0.15) is 0 Å². The van der Waals surface area contributed by atoms with Crippen molar-refractivity contribution >= 4 is 17.2 Å². The number of carbonyl (C=O) groups is 1. The first-order valence-electron chi connectivity index (χ1n) is 8.68. The average Bonchev–Trinajstić information content (AvgIpc) is 3.21. The summed E-state index contributed by atoms with van der Waals surface area (Å²) in [5.41, 5.74) is 3.41. The van der Waals surface area contributed by atoms with Crippen LogP contribution < -0.4 is 0 Å². The number of nitrogens with zero attached hydrogens (tertiary/aromatic N) is 3. The molecule has 0 spiro atoms. The van der Waals surface area contributed by atoms with Crippen LogP contribution in [0.25, 0.3) is 0 Å². The van der Waals surface area contributed by atoms with E-state index in [2.05, 4.69) is 31.6 Å². The maximum absolute atomic E-state index is 12.5. The van der Waals surface area contributed by atoms with Crippen molar-refractivity contribution in [1.82, 2.24) is 14.8 Å². The summed E-state index contributed by atoms with van der Waals surface area (Å²) in [4.78, 5) is 21.8. The van der Waals surface area contributed by atoms with Gasteiger partial charge in [0.05, 0.1) is 12.2 Å². The molecule has 126 valence electrons. The van der Waals surface area contributed by atoms with Crippen molar-refractivity contribution in [3.05, 3.63) is 52.0 Å². The summed E-state index contributed by atoms with van der Waals surface area (Å²) >= 11 is 1.76. The molecule has 0 unspecified atom stereocenters. The molecule has 2 saturated heterocycles. The molecule has 0 radical (unpaired) electrons. The second-order valence-electron chi connectivity index (χ2n) is 6.86. The molecule has 0 N–H and O–H groups in total. The Morgan fingerprint density at radius 2 is 2.12 bits per heavy atom. The first-order chi connectivity index (χ1) is 11.7. The van der Waals surface area contributed by atoms with Gasteiger partial charge >= 0.3 is 0 Å². The molecule has 1 amide bonds. The van der Waals surface area contributed by atoms with Crippen molar-refractivity contribution in [3.8, 4) is 0 Å². The zero-order valence-electron chi connectivity index (χ0n) is 14.0. The topological polar surface area (TPSA) is 36.4 Å². The van der Waals surface area contributed by atoms with E-state index >= 15 is 0 Å². The van der Waals surface area contributed by atoms with Crippen LogP contribution in [0.15, 0.2) is 35.0 Å². The highest BCUT2D eigenvalue weighted by atomic mass is 32.1. The Kier molecular flexibility index (Phi) is 4.37. The fourth-order valence-electron chi connectivity index (χ4n) is 4.12. The minimum absolute atomic E-state index is 0.289. The molecule has 2 aliphatic rings. The van der Waals surface area contributed by atoms with Crippen LogP contribution in [-0.4, -0.2) is 39.3 Å². The van der Waals surface area contributed by atoms with Gasteiger partial charge < -0.3 is 4.90 Å². The van der Waals surface area contributed by atoms with Crippen LogP contribution in [-0.2, 0) is 17.9 Å². The quantitative estimate of drug-likeness (QED) is 0.857. The standard InChI is InChI=1S/C19H23N3OS/c1-14-3-2-4-16(20-14)12-22-18-7-9-21(11-15-8-10-24-13-15)17(18)5-6-19(22)23/h2-4,8,10,13,17-18H,5-7,9,11-12H2,1H3/t17-,18-/m1/s1. The van der Waals surface area contributed by atoms with Crippen LogP contribution in [0.1, 0.15) is 36.2 Å². The number of likely N-dealkylation sites (tertiary alicyclic amines) is 2. The molecular weight excluding hydrogens is 318 g/mol. The predicted octanol–water partition coefficient (Wildman–Crippen LogP) is 3.22. The molecule has 2 atom stereocenters. The predicted molar refractivity (Wildman–Crippen MR) is 95.7 cm³/mol. The third-order valence-corrected chi connectivity index (χ3v) is 5.98. The zero-order chi connectivity index (χ0) is 16.5. The number of aromatic nitrogens is 1. The number of aryl methyl sites for hydroxylation is 1. The van der Waals surface area contributed by atoms with Gasteiger partial charge in [-0.2, -0.15) is 11.3 Å². The lowest BCUT2D eigenvalue weighted by molar-refractivity contribution is -0.138. The van der Waals surface area contributed by atoms with Crippen molar-refractivity contribution in [2.24, 2.45) is 0 Å². The molecule has 2 aromatic rings. The number of amides is 1. The van der Waals surface area contributed by atoms with Crippen molar-refractivity contribution in [2.75, 3.05) is 6.54 Å². The first kappa shape index (κ1) is 15.8. The van der Waals surface area contributed by atoms with Gasteiger partial charge in [-0.1, -0.05) is 6.07 Å². The summed E-state index contributed by atoms with van der Waals surface area (Å²) in [5.74, 6) is 0.289. The SMILES string of the molecule is Cc1cccc(CN2C(=O)CC[C@@H]3[C@H]2CCN3Cc2ccsc2)n1. The Hall–Kier alpha value is -1.72. The molecule has 0 aromatic carbocycles. The number of carbonyl (C=O) groups excluding carboxylic acids is 1. The van der Waals surface area contributed by atoms with Crippen LogP contribution in [0.3, 0.4) is 0 Å². The van der Waals surface area contributed by atoms with Gasteiger partial charge in [0, 0.05) is 37.3 Å². The second-order valence-corrected chi connectivity index (χ2v) is 7.64. The number of pyridine rings is 1. The van der Waals surface area contributed by atoms with Crippen LogP contribution in [0.5, 0.6) is 0 Å². The molecule has 4 rings (SSSR count). The van der Waals surface area contributed by atoms with Crippen LogP contribution in [0.4, 0.5) is 0 Å². The van der Waals surface area contributed by atoms with Gasteiger partial charge in [0.15, 0.2) is 0 Å². The fourth-order valence-corrected chi connectivity index (χ4v) is 4.78. The highest BCUT2D eigenvalue weighted by Gasteiger charge is 2.42. The number of fused-ring (bicyclic) bond motifs is 1. The summed E-state index contributed by atoms with van der Waals surface area (Å²) in [6.45, 7) is 4.74. The van der Waals surface area contributed by atoms with Gasteiger partial charge in [-0.25, -0.2) is 0 Å². The molecule has 4 heterocycles. The molecule has 5 heteroatoms. The molecular formula is C19H23N3OS. The largest absolute Gasteiger partial charge is 0.332 e. The van der Waals surface area contributed by atoms with Crippen molar-refractivity contribution < 1.29 is 4.79 Å². The lowest BCUT2D eigenvalue weighted by Crippen LogP contribution is -2.51. The Morgan fingerprint density at radius 3 is 2.92 bits per heavy atom. The first-order valence-corrected chi connectivity index (χ1v) is 9.62. The highest BCUT2D eigenvalue weighted by Crippen LogP contribution is 2.33. The number of piperidine rings is 1. The number of thiophene rings is 1. The normalized spacial score (nSPS) is 24.4. The number of hydrogen-bond acceptors (Lipinski definition) is 4. The van der Waals surface area contributed by atoms with E-state index in [4.69, 9.17) is 0 Å². The Bertz CT molecular complexity index is 715. The third kappa shape index (κ3) is 3.10. The smallest absolute Gasteiger partial charge is 0.223 e. The fraction of sp³-hybridized carbons (Fsp3) is 0.474. The van der Waals surface area contributed by atoms with Crippen LogP contribution in [0, 0.1) is 6.92 Å². The van der Waals surface area contributed by atoms with Crippen molar-refractivity contribution in [1.29, 1.82) is 0 Å². The van der Waals surface area contributed by atoms with Crippen LogP contribution in [0.2, 0.25) is 0 Å². The van der Waals surface area contributed by atoms with E-state index in [9.17, 15) is 4.79 Å². The van der Waals surface area contributed by atoms with E-state index in [0.717, 1.165) is 37.3 Å². The lowest BCUT2D eigenvalue weighted by atomic mass is 9.96. The Morgan fingerprint density at radius 1 is 1.21 bits per heavy atom. The van der Waals surface area contributed by atoms with E-state index < -0.39 is 0 Å². The van der Waals surface area contributed by atoms with Crippen LogP contribution >= 0.6 is 11.3 Å². The minimum atomic E-state index is 0.289. The second kappa shape index (κ2) is 6.65. The number of rotatable bonds is 4. The maximum atomic E-state index is 12.5. The van der Waals surface area contributed by atoms with Gasteiger partial charge in [-0.15, -0.1) is 0 Å². The molecule has 0 aliphatic carbocycles. The van der Waals surface area contributed by atoms with Crippen molar-refractivity contribution in [2.45, 2.75) is 51.4 Å². The lowest BCUT2D eigenvalue weighted by Gasteiger charge is -2.39. The van der Waals surface area contributed by atoms with E-state index in [0.29, 0.717) is 25.0 Å². The Balaban J connectivity index is 1.50. The Labute approximate surface area is 147 Å². The van der Waals surface area contributed by atoms with Gasteiger partial charge in [-0.3, -0.25) is 14.7 Å². The number of hydrogen-bond donors (Lipinski definition) is 0. The van der Waals surface area contributed by atoms with E-state index in [-0.39, 0.29) is 5.91 Å². The molecule has 2 aromatic heterocycles. The van der Waals surface area contributed by atoms with Crippen molar-refractivity contribution in [3.63, 3.8) is 0 Å². The monoisotopic (exact) mass is 341 g/mol. The molecule has 0 saturated carbocycles. The average molecular weight is 341 g/mol. The molecule has 24 heavy (non-hydrogen) atoms. The summed E-state index contributed by atoms with van der Waals surface area (Å²) < 4.78 is 0. The summed E-state index contributed by atoms with van der Waals surface area (Å²) in [7, 11) is 0.